The number of ether oxygens (including phenoxy) is 1. The smallest absolute Gasteiger partial charge is 0.121 e. The first kappa shape index (κ1) is 24.2. The maximum Gasteiger partial charge on any atom is 0.121 e. The van der Waals surface area contributed by atoms with Gasteiger partial charge in [0.05, 0.1) is 18.8 Å². The summed E-state index contributed by atoms with van der Waals surface area (Å²) in [4.78, 5) is 2.21. The van der Waals surface area contributed by atoms with Gasteiger partial charge in [0.2, 0.25) is 0 Å². The van der Waals surface area contributed by atoms with Crippen molar-refractivity contribution in [1.82, 2.24) is 0 Å². The Hall–Kier alpha value is -2.08. The molecule has 0 aliphatic carbocycles. The van der Waals surface area contributed by atoms with Gasteiger partial charge in [-0.1, -0.05) is 32.0 Å². The van der Waals surface area contributed by atoms with E-state index >= 15 is 0 Å². The van der Waals surface area contributed by atoms with E-state index in [1.807, 2.05) is 50.2 Å². The Balaban J connectivity index is 1.88. The van der Waals surface area contributed by atoms with E-state index in [0.717, 1.165) is 66.8 Å². The topological polar surface area (TPSA) is 73.2 Å². The lowest BCUT2D eigenvalue weighted by Crippen LogP contribution is -2.27. The first-order chi connectivity index (χ1) is 14.4. The number of hydrogen-bond acceptors (Lipinski definition) is 5. The van der Waals surface area contributed by atoms with Gasteiger partial charge >= 0.3 is 0 Å². The summed E-state index contributed by atoms with van der Waals surface area (Å²) < 4.78 is 5.95. The Kier molecular flexibility index (Phi) is 9.63. The molecule has 0 heterocycles. The molecule has 0 unspecified atom stereocenters. The molecule has 0 aliphatic heterocycles. The van der Waals surface area contributed by atoms with Gasteiger partial charge in [0, 0.05) is 25.3 Å². The average molecular weight is 416 g/mol. The normalized spacial score (nSPS) is 11.5. The van der Waals surface area contributed by atoms with E-state index in [-0.39, 0.29) is 13.2 Å². The van der Waals surface area contributed by atoms with Gasteiger partial charge in [0.25, 0.3) is 0 Å². The standard InChI is InChI=1S/C25H37NO4/c1-4-25(29,5-2)13-6-7-14-26(3)23-9-8-10-24(16-23)30-19-20-11-12-21(17-27)22(15-20)18-28/h8-12,15-16,27-29H,4-7,13-14,17-19H2,1-3H3. The molecule has 0 aromatic heterocycles. The van der Waals surface area contributed by atoms with Crippen molar-refractivity contribution in [3.63, 3.8) is 0 Å². The van der Waals surface area contributed by atoms with Crippen molar-refractivity contribution in [2.75, 3.05) is 18.5 Å². The lowest BCUT2D eigenvalue weighted by molar-refractivity contribution is 0.0214. The molecule has 30 heavy (non-hydrogen) atoms. The summed E-state index contributed by atoms with van der Waals surface area (Å²) in [6, 6.07) is 13.6. The Bertz CT molecular complexity index is 773. The Morgan fingerprint density at radius 1 is 0.933 bits per heavy atom. The Labute approximate surface area is 180 Å². The average Bonchev–Trinajstić information content (AvgIpc) is 2.80. The number of aliphatic hydroxyl groups is 3. The van der Waals surface area contributed by atoms with Crippen LogP contribution >= 0.6 is 0 Å². The van der Waals surface area contributed by atoms with Gasteiger partial charge in [-0.2, -0.15) is 0 Å². The quantitative estimate of drug-likeness (QED) is 0.423. The molecule has 0 saturated heterocycles. The van der Waals surface area contributed by atoms with Crippen molar-refractivity contribution >= 4 is 5.69 Å². The third kappa shape index (κ3) is 7.01. The monoisotopic (exact) mass is 415 g/mol. The number of anilines is 1. The van der Waals surface area contributed by atoms with Crippen LogP contribution in [0.1, 0.15) is 62.6 Å². The molecule has 2 aromatic carbocycles. The molecule has 0 spiro atoms. The van der Waals surface area contributed by atoms with Crippen LogP contribution in [0, 0.1) is 0 Å². The second-order valence-electron chi connectivity index (χ2n) is 8.02. The fraction of sp³-hybridized carbons (Fsp3) is 0.520. The summed E-state index contributed by atoms with van der Waals surface area (Å²) >= 11 is 0. The fourth-order valence-corrected chi connectivity index (χ4v) is 3.58. The largest absolute Gasteiger partial charge is 0.489 e. The summed E-state index contributed by atoms with van der Waals surface area (Å²) in [6.45, 7) is 5.24. The predicted octanol–water partition coefficient (Wildman–Crippen LogP) is 4.41. The van der Waals surface area contributed by atoms with E-state index in [9.17, 15) is 15.3 Å². The molecule has 3 N–H and O–H groups in total. The first-order valence-electron chi connectivity index (χ1n) is 10.9. The Morgan fingerprint density at radius 3 is 2.33 bits per heavy atom. The molecule has 0 radical (unpaired) electrons. The third-order valence-corrected chi connectivity index (χ3v) is 5.98. The van der Waals surface area contributed by atoms with Gasteiger partial charge in [-0.3, -0.25) is 0 Å². The number of rotatable bonds is 13. The lowest BCUT2D eigenvalue weighted by Gasteiger charge is -2.26. The van der Waals surface area contributed by atoms with Crippen molar-refractivity contribution in [3.8, 4) is 5.75 Å². The molecule has 5 nitrogen and oxygen atoms in total. The van der Waals surface area contributed by atoms with Gasteiger partial charge in [0.1, 0.15) is 12.4 Å². The zero-order valence-electron chi connectivity index (χ0n) is 18.6. The SMILES string of the molecule is CCC(O)(CC)CCCCN(C)c1cccc(OCc2ccc(CO)c(CO)c2)c1. The van der Waals surface area contributed by atoms with Crippen LogP contribution in [0.5, 0.6) is 5.75 Å². The van der Waals surface area contributed by atoms with Crippen molar-refractivity contribution in [2.24, 2.45) is 0 Å². The van der Waals surface area contributed by atoms with Crippen LogP contribution in [0.2, 0.25) is 0 Å². The van der Waals surface area contributed by atoms with E-state index in [1.165, 1.54) is 0 Å². The second kappa shape index (κ2) is 11.9. The van der Waals surface area contributed by atoms with E-state index < -0.39 is 5.60 Å². The highest BCUT2D eigenvalue weighted by molar-refractivity contribution is 5.50. The number of nitrogens with zero attached hydrogens (tertiary/aromatic N) is 1. The van der Waals surface area contributed by atoms with Crippen molar-refractivity contribution in [3.05, 3.63) is 59.2 Å². The zero-order chi connectivity index (χ0) is 22.0. The minimum absolute atomic E-state index is 0.0818. The van der Waals surface area contributed by atoms with E-state index in [0.29, 0.717) is 6.61 Å². The van der Waals surface area contributed by atoms with Gasteiger partial charge in [-0.25, -0.2) is 0 Å². The summed E-state index contributed by atoms with van der Waals surface area (Å²) in [5.74, 6) is 0.794. The Morgan fingerprint density at radius 2 is 1.67 bits per heavy atom. The number of aliphatic hydroxyl groups excluding tert-OH is 2. The highest BCUT2D eigenvalue weighted by Crippen LogP contribution is 2.24. The summed E-state index contributed by atoms with van der Waals surface area (Å²) in [5.41, 5.74) is 3.00. The molecule has 0 bridgehead atoms. The molecular formula is C25H37NO4. The van der Waals surface area contributed by atoms with Gasteiger partial charge in [-0.15, -0.1) is 0 Å². The maximum atomic E-state index is 10.4. The molecule has 0 amide bonds. The van der Waals surface area contributed by atoms with E-state index in [2.05, 4.69) is 18.0 Å². The van der Waals surface area contributed by atoms with Crippen LogP contribution in [-0.2, 0) is 19.8 Å². The van der Waals surface area contributed by atoms with Gasteiger partial charge in [-0.05, 0) is 67.0 Å². The number of benzene rings is 2. The summed E-state index contributed by atoms with van der Waals surface area (Å²) in [6.07, 6.45) is 4.51. The molecule has 5 heteroatoms. The highest BCUT2D eigenvalue weighted by Gasteiger charge is 2.21. The van der Waals surface area contributed by atoms with Crippen LogP contribution in [0.25, 0.3) is 0 Å². The number of hydrogen-bond donors (Lipinski definition) is 3. The highest BCUT2D eigenvalue weighted by atomic mass is 16.5. The maximum absolute atomic E-state index is 10.4. The van der Waals surface area contributed by atoms with Crippen LogP contribution in [0.3, 0.4) is 0 Å². The number of unbranched alkanes of at least 4 members (excludes halogenated alkanes) is 1. The van der Waals surface area contributed by atoms with Gasteiger partial charge in [0.15, 0.2) is 0 Å². The van der Waals surface area contributed by atoms with Crippen LogP contribution in [0.4, 0.5) is 5.69 Å². The molecule has 166 valence electrons. The summed E-state index contributed by atoms with van der Waals surface area (Å²) in [7, 11) is 2.08. The predicted molar refractivity (Wildman–Crippen MR) is 122 cm³/mol. The van der Waals surface area contributed by atoms with Crippen LogP contribution in [-0.4, -0.2) is 34.5 Å². The third-order valence-electron chi connectivity index (χ3n) is 5.98. The minimum atomic E-state index is -0.516. The zero-order valence-corrected chi connectivity index (χ0v) is 18.6. The second-order valence-corrected chi connectivity index (χ2v) is 8.02. The van der Waals surface area contributed by atoms with E-state index in [4.69, 9.17) is 4.74 Å². The molecular weight excluding hydrogens is 378 g/mol. The van der Waals surface area contributed by atoms with E-state index in [1.54, 1.807) is 0 Å². The van der Waals surface area contributed by atoms with Crippen LogP contribution < -0.4 is 9.64 Å². The lowest BCUT2D eigenvalue weighted by atomic mass is 9.91. The minimum Gasteiger partial charge on any atom is -0.489 e. The molecule has 0 saturated carbocycles. The van der Waals surface area contributed by atoms with Crippen LogP contribution in [0.15, 0.2) is 42.5 Å². The fourth-order valence-electron chi connectivity index (χ4n) is 3.58. The molecule has 0 atom stereocenters. The van der Waals surface area contributed by atoms with Crippen molar-refractivity contribution in [1.29, 1.82) is 0 Å². The first-order valence-corrected chi connectivity index (χ1v) is 10.9. The van der Waals surface area contributed by atoms with Crippen molar-refractivity contribution in [2.45, 2.75) is 71.4 Å². The van der Waals surface area contributed by atoms with Crippen molar-refractivity contribution < 1.29 is 20.1 Å². The summed E-state index contributed by atoms with van der Waals surface area (Å²) in [5, 5.41) is 29.2. The molecule has 2 rings (SSSR count). The molecule has 0 aliphatic rings. The van der Waals surface area contributed by atoms with Gasteiger partial charge < -0.3 is 25.0 Å². The molecule has 0 fully saturated rings. The molecule has 2 aromatic rings.